The summed E-state index contributed by atoms with van der Waals surface area (Å²) in [5.74, 6) is -0.0611. The second-order valence-corrected chi connectivity index (χ2v) is 3.69. The third-order valence-electron chi connectivity index (χ3n) is 2.50. The quantitative estimate of drug-likeness (QED) is 0.842. The summed E-state index contributed by atoms with van der Waals surface area (Å²) in [5.41, 5.74) is 1.67. The molecule has 0 amide bonds. The van der Waals surface area contributed by atoms with Gasteiger partial charge >= 0.3 is 6.61 Å². The van der Waals surface area contributed by atoms with Gasteiger partial charge in [0.25, 0.3) is 0 Å². The van der Waals surface area contributed by atoms with E-state index in [1.165, 1.54) is 6.07 Å². The molecule has 1 rings (SSSR count). The first-order chi connectivity index (χ1) is 7.58. The van der Waals surface area contributed by atoms with Crippen molar-refractivity contribution in [3.63, 3.8) is 0 Å². The third-order valence-corrected chi connectivity index (χ3v) is 2.50. The average molecular weight is 230 g/mol. The Morgan fingerprint density at radius 1 is 1.38 bits per heavy atom. The zero-order chi connectivity index (χ0) is 12.1. The van der Waals surface area contributed by atoms with Crippen LogP contribution in [0, 0.1) is 0 Å². The number of aliphatic hydroxyl groups is 1. The molecule has 1 N–H and O–H groups in total. The van der Waals surface area contributed by atoms with Crippen molar-refractivity contribution in [1.82, 2.24) is 0 Å². The minimum absolute atomic E-state index is 0.0905. The van der Waals surface area contributed by atoms with E-state index in [2.05, 4.69) is 4.74 Å². The van der Waals surface area contributed by atoms with Crippen molar-refractivity contribution in [2.75, 3.05) is 6.61 Å². The van der Waals surface area contributed by atoms with Crippen molar-refractivity contribution >= 4 is 0 Å². The second-order valence-electron chi connectivity index (χ2n) is 3.69. The van der Waals surface area contributed by atoms with E-state index in [4.69, 9.17) is 5.11 Å². The smallest absolute Gasteiger partial charge is 0.387 e. The summed E-state index contributed by atoms with van der Waals surface area (Å²) in [4.78, 5) is 0. The van der Waals surface area contributed by atoms with Crippen molar-refractivity contribution in [2.24, 2.45) is 0 Å². The molecule has 1 atom stereocenters. The van der Waals surface area contributed by atoms with Gasteiger partial charge in [0.1, 0.15) is 5.75 Å². The fourth-order valence-corrected chi connectivity index (χ4v) is 1.50. The minimum atomic E-state index is -2.84. The van der Waals surface area contributed by atoms with Crippen LogP contribution in [0.15, 0.2) is 18.2 Å². The predicted octanol–water partition coefficient (Wildman–Crippen LogP) is 2.95. The normalized spacial score (nSPS) is 12.9. The molecule has 0 aromatic heterocycles. The molecule has 90 valence electrons. The fraction of sp³-hybridized carbons (Fsp3) is 0.500. The molecule has 1 unspecified atom stereocenters. The van der Waals surface area contributed by atoms with Crippen LogP contribution in [0.2, 0.25) is 0 Å². The molecule has 0 aliphatic rings. The lowest BCUT2D eigenvalue weighted by Crippen LogP contribution is -2.08. The molecule has 2 nitrogen and oxygen atoms in total. The van der Waals surface area contributed by atoms with E-state index < -0.39 is 6.61 Å². The SMILES string of the molecule is CCc1ccc(OC(F)F)c(C(C)CO)c1. The molecule has 1 aromatic carbocycles. The fourth-order valence-electron chi connectivity index (χ4n) is 1.50. The molecule has 0 saturated heterocycles. The number of hydrogen-bond donors (Lipinski definition) is 1. The van der Waals surface area contributed by atoms with Gasteiger partial charge in [-0.25, -0.2) is 0 Å². The maximum Gasteiger partial charge on any atom is 0.387 e. The largest absolute Gasteiger partial charge is 0.435 e. The van der Waals surface area contributed by atoms with E-state index in [1.54, 1.807) is 19.1 Å². The highest BCUT2D eigenvalue weighted by Crippen LogP contribution is 2.29. The standard InChI is InChI=1S/C12H16F2O2/c1-3-9-4-5-11(16-12(13)14)10(6-9)8(2)7-15/h4-6,8,12,15H,3,7H2,1-2H3. The van der Waals surface area contributed by atoms with Gasteiger partial charge in [-0.2, -0.15) is 8.78 Å². The van der Waals surface area contributed by atoms with Crippen LogP contribution in [0.3, 0.4) is 0 Å². The molecule has 0 spiro atoms. The van der Waals surface area contributed by atoms with Crippen LogP contribution < -0.4 is 4.74 Å². The summed E-state index contributed by atoms with van der Waals surface area (Å²) in [6, 6.07) is 5.09. The van der Waals surface area contributed by atoms with Crippen molar-refractivity contribution in [2.45, 2.75) is 32.8 Å². The first kappa shape index (κ1) is 12.9. The topological polar surface area (TPSA) is 29.5 Å². The van der Waals surface area contributed by atoms with E-state index in [1.807, 2.05) is 6.92 Å². The van der Waals surface area contributed by atoms with Crippen molar-refractivity contribution in [3.8, 4) is 5.75 Å². The number of benzene rings is 1. The lowest BCUT2D eigenvalue weighted by Gasteiger charge is -2.16. The van der Waals surface area contributed by atoms with Gasteiger partial charge in [0, 0.05) is 12.5 Å². The Balaban J connectivity index is 3.05. The van der Waals surface area contributed by atoms with Gasteiger partial charge in [-0.05, 0) is 23.6 Å². The Labute approximate surface area is 93.9 Å². The Morgan fingerprint density at radius 2 is 2.06 bits per heavy atom. The minimum Gasteiger partial charge on any atom is -0.435 e. The molecule has 0 bridgehead atoms. The second kappa shape index (κ2) is 5.80. The summed E-state index contributed by atoms with van der Waals surface area (Å²) in [6.07, 6.45) is 0.820. The molecule has 0 aliphatic heterocycles. The maximum atomic E-state index is 12.2. The molecule has 16 heavy (non-hydrogen) atoms. The highest BCUT2D eigenvalue weighted by atomic mass is 19.3. The Hall–Kier alpha value is -1.16. The van der Waals surface area contributed by atoms with Gasteiger partial charge in [0.2, 0.25) is 0 Å². The van der Waals surface area contributed by atoms with Crippen LogP contribution in [0.4, 0.5) is 8.78 Å². The lowest BCUT2D eigenvalue weighted by atomic mass is 9.98. The molecule has 0 fully saturated rings. The Bertz CT molecular complexity index is 340. The van der Waals surface area contributed by atoms with E-state index >= 15 is 0 Å². The number of ether oxygens (including phenoxy) is 1. The molecule has 0 radical (unpaired) electrons. The molecule has 4 heteroatoms. The molecule has 0 saturated carbocycles. The molecular weight excluding hydrogens is 214 g/mol. The van der Waals surface area contributed by atoms with Crippen LogP contribution in [-0.4, -0.2) is 18.3 Å². The average Bonchev–Trinajstić information content (AvgIpc) is 2.28. The van der Waals surface area contributed by atoms with Gasteiger partial charge in [0.15, 0.2) is 0 Å². The van der Waals surface area contributed by atoms with Gasteiger partial charge in [-0.3, -0.25) is 0 Å². The number of aliphatic hydroxyl groups excluding tert-OH is 1. The summed E-state index contributed by atoms with van der Waals surface area (Å²) in [5, 5.41) is 9.07. The van der Waals surface area contributed by atoms with E-state index in [-0.39, 0.29) is 18.3 Å². The number of rotatable bonds is 5. The molecule has 0 heterocycles. The zero-order valence-corrected chi connectivity index (χ0v) is 9.41. The monoisotopic (exact) mass is 230 g/mol. The van der Waals surface area contributed by atoms with Crippen LogP contribution in [-0.2, 0) is 6.42 Å². The zero-order valence-electron chi connectivity index (χ0n) is 9.41. The number of aryl methyl sites for hydroxylation is 1. The number of halogens is 2. The third kappa shape index (κ3) is 3.17. The molecular formula is C12H16F2O2. The molecule has 1 aromatic rings. The highest BCUT2D eigenvalue weighted by Gasteiger charge is 2.14. The summed E-state index contributed by atoms with van der Waals surface area (Å²) in [7, 11) is 0. The van der Waals surface area contributed by atoms with E-state index in [0.717, 1.165) is 12.0 Å². The van der Waals surface area contributed by atoms with Crippen LogP contribution in [0.5, 0.6) is 5.75 Å². The van der Waals surface area contributed by atoms with Gasteiger partial charge in [0.05, 0.1) is 0 Å². The summed E-state index contributed by atoms with van der Waals surface area (Å²) < 4.78 is 28.8. The maximum absolute atomic E-state index is 12.2. The van der Waals surface area contributed by atoms with E-state index in [0.29, 0.717) is 5.56 Å². The van der Waals surface area contributed by atoms with Crippen molar-refractivity contribution < 1.29 is 18.6 Å². The van der Waals surface area contributed by atoms with Crippen LogP contribution in [0.1, 0.15) is 30.9 Å². The first-order valence-corrected chi connectivity index (χ1v) is 5.27. The lowest BCUT2D eigenvalue weighted by molar-refractivity contribution is -0.0507. The van der Waals surface area contributed by atoms with Crippen LogP contribution >= 0.6 is 0 Å². The summed E-state index contributed by atoms with van der Waals surface area (Å²) in [6.45, 7) is 0.827. The Kier molecular flexibility index (Phi) is 4.68. The van der Waals surface area contributed by atoms with Crippen molar-refractivity contribution in [3.05, 3.63) is 29.3 Å². The number of alkyl halides is 2. The van der Waals surface area contributed by atoms with Crippen molar-refractivity contribution in [1.29, 1.82) is 0 Å². The summed E-state index contributed by atoms with van der Waals surface area (Å²) >= 11 is 0. The van der Waals surface area contributed by atoms with Gasteiger partial charge in [-0.1, -0.05) is 26.0 Å². The molecule has 0 aliphatic carbocycles. The van der Waals surface area contributed by atoms with Crippen LogP contribution in [0.25, 0.3) is 0 Å². The van der Waals surface area contributed by atoms with E-state index in [9.17, 15) is 8.78 Å². The highest BCUT2D eigenvalue weighted by molar-refractivity contribution is 5.39. The predicted molar refractivity (Wildman–Crippen MR) is 58.0 cm³/mol. The number of hydrogen-bond acceptors (Lipinski definition) is 2. The first-order valence-electron chi connectivity index (χ1n) is 5.27. The van der Waals surface area contributed by atoms with Gasteiger partial charge < -0.3 is 9.84 Å². The van der Waals surface area contributed by atoms with Gasteiger partial charge in [-0.15, -0.1) is 0 Å². The Morgan fingerprint density at radius 3 is 2.56 bits per heavy atom.